The number of fused-ring (bicyclic) bond motifs is 2. The lowest BCUT2D eigenvalue weighted by molar-refractivity contribution is 0.392. The molecule has 0 aliphatic carbocycles. The third kappa shape index (κ3) is 3.91. The van der Waals surface area contributed by atoms with Gasteiger partial charge in [0.2, 0.25) is 0 Å². The average molecular weight is 502 g/mol. The van der Waals surface area contributed by atoms with Crippen LogP contribution >= 0.6 is 0 Å². The van der Waals surface area contributed by atoms with E-state index < -0.39 is 10.0 Å². The van der Waals surface area contributed by atoms with Crippen LogP contribution in [0.15, 0.2) is 89.8 Å². The highest BCUT2D eigenvalue weighted by Gasteiger charge is 2.24. The van der Waals surface area contributed by atoms with Crippen LogP contribution in [0.1, 0.15) is 0 Å². The molecule has 3 N–H and O–H groups in total. The quantitative estimate of drug-likeness (QED) is 0.251. The van der Waals surface area contributed by atoms with Crippen molar-refractivity contribution in [3.8, 4) is 34.1 Å². The van der Waals surface area contributed by atoms with E-state index in [2.05, 4.69) is 4.72 Å². The summed E-state index contributed by atoms with van der Waals surface area (Å²) in [4.78, 5) is -0.101. The minimum absolute atomic E-state index is 0.0393. The van der Waals surface area contributed by atoms with Crippen molar-refractivity contribution in [2.75, 3.05) is 18.9 Å². The van der Waals surface area contributed by atoms with Crippen LogP contribution in [0.2, 0.25) is 0 Å². The van der Waals surface area contributed by atoms with Gasteiger partial charge < -0.3 is 19.7 Å². The Balaban J connectivity index is 1.76. The van der Waals surface area contributed by atoms with Crippen molar-refractivity contribution < 1.29 is 28.1 Å². The molecular weight excluding hydrogens is 478 g/mol. The first kappa shape index (κ1) is 23.3. The summed E-state index contributed by atoms with van der Waals surface area (Å²) in [5.74, 6) is 0.396. The van der Waals surface area contributed by atoms with E-state index in [1.165, 1.54) is 32.4 Å². The largest absolute Gasteiger partial charge is 0.507 e. The maximum atomic E-state index is 13.5. The summed E-state index contributed by atoms with van der Waals surface area (Å²) < 4.78 is 40.2. The van der Waals surface area contributed by atoms with Crippen molar-refractivity contribution >= 4 is 37.3 Å². The molecule has 0 aliphatic rings. The van der Waals surface area contributed by atoms with Crippen LogP contribution in [-0.4, -0.2) is 32.9 Å². The molecule has 8 heteroatoms. The Hall–Kier alpha value is -4.43. The van der Waals surface area contributed by atoms with Crippen LogP contribution < -0.4 is 14.2 Å². The highest BCUT2D eigenvalue weighted by molar-refractivity contribution is 7.92. The molecule has 7 nitrogen and oxygen atoms in total. The number of aromatic hydroxyl groups is 2. The second-order valence-electron chi connectivity index (χ2n) is 8.17. The summed E-state index contributed by atoms with van der Waals surface area (Å²) in [6.45, 7) is 0. The maximum Gasteiger partial charge on any atom is 0.265 e. The topological polar surface area (TPSA) is 105 Å². The van der Waals surface area contributed by atoms with E-state index in [0.29, 0.717) is 33.0 Å². The van der Waals surface area contributed by atoms with Gasteiger partial charge in [0.15, 0.2) is 0 Å². The van der Waals surface area contributed by atoms with Crippen LogP contribution in [0.25, 0.3) is 32.7 Å². The Labute approximate surface area is 208 Å². The molecular formula is C28H23NO6S. The van der Waals surface area contributed by atoms with E-state index in [-0.39, 0.29) is 27.8 Å². The molecule has 0 fully saturated rings. The van der Waals surface area contributed by atoms with Gasteiger partial charge in [-0.2, -0.15) is 0 Å². The zero-order valence-electron chi connectivity index (χ0n) is 19.5. The van der Waals surface area contributed by atoms with Crippen LogP contribution in [0.4, 0.5) is 5.69 Å². The molecule has 0 bridgehead atoms. The minimum Gasteiger partial charge on any atom is -0.507 e. The standard InChI is InChI=1S/C28H23NO6S/c1-34-18-12-14-25(35-2)26(15-18)36(32,33)29-23-16-22(28(31)21-10-6-5-9-20(21)23)27-19-8-4-3-7-17(19)11-13-24(27)30/h3-16,29-31H,1-2H3. The van der Waals surface area contributed by atoms with Crippen molar-refractivity contribution in [2.24, 2.45) is 0 Å². The zero-order chi connectivity index (χ0) is 25.4. The molecule has 36 heavy (non-hydrogen) atoms. The Morgan fingerprint density at radius 3 is 2.17 bits per heavy atom. The number of phenolic OH excluding ortho intramolecular Hbond substituents is 2. The lowest BCUT2D eigenvalue weighted by atomic mass is 9.93. The van der Waals surface area contributed by atoms with E-state index in [1.807, 2.05) is 24.3 Å². The number of hydrogen-bond acceptors (Lipinski definition) is 6. The van der Waals surface area contributed by atoms with Gasteiger partial charge in [0.05, 0.1) is 19.9 Å². The molecule has 0 spiro atoms. The summed E-state index contributed by atoms with van der Waals surface area (Å²) in [7, 11) is -1.31. The molecule has 0 aromatic heterocycles. The summed E-state index contributed by atoms with van der Waals surface area (Å²) in [6, 6.07) is 23.7. The van der Waals surface area contributed by atoms with Crippen molar-refractivity contribution in [1.29, 1.82) is 0 Å². The van der Waals surface area contributed by atoms with Gasteiger partial charge in [-0.15, -0.1) is 0 Å². The van der Waals surface area contributed by atoms with E-state index in [4.69, 9.17) is 9.47 Å². The Bertz CT molecular complexity index is 1730. The first-order valence-electron chi connectivity index (χ1n) is 11.0. The van der Waals surface area contributed by atoms with Crippen molar-refractivity contribution in [1.82, 2.24) is 0 Å². The second kappa shape index (κ2) is 8.98. The third-order valence-electron chi connectivity index (χ3n) is 6.10. The van der Waals surface area contributed by atoms with Crippen LogP contribution in [0.5, 0.6) is 23.0 Å². The maximum absolute atomic E-state index is 13.5. The first-order valence-corrected chi connectivity index (χ1v) is 12.5. The van der Waals surface area contributed by atoms with Crippen LogP contribution in [0.3, 0.4) is 0 Å². The molecule has 0 unspecified atom stereocenters. The smallest absolute Gasteiger partial charge is 0.265 e. The van der Waals surface area contributed by atoms with E-state index in [9.17, 15) is 18.6 Å². The predicted molar refractivity (Wildman–Crippen MR) is 141 cm³/mol. The second-order valence-corrected chi connectivity index (χ2v) is 9.82. The number of nitrogens with one attached hydrogen (secondary N) is 1. The molecule has 0 heterocycles. The Morgan fingerprint density at radius 2 is 1.44 bits per heavy atom. The Morgan fingerprint density at radius 1 is 0.750 bits per heavy atom. The number of phenols is 2. The SMILES string of the molecule is COc1ccc(OC)c(S(=O)(=O)Nc2cc(-c3c(O)ccc4ccccc34)c(O)c3ccccc23)c1. The van der Waals surface area contributed by atoms with Gasteiger partial charge in [-0.25, -0.2) is 8.42 Å². The number of hydrogen-bond donors (Lipinski definition) is 3. The number of rotatable bonds is 6. The Kier molecular flexibility index (Phi) is 5.81. The normalized spacial score (nSPS) is 11.5. The van der Waals surface area contributed by atoms with Gasteiger partial charge >= 0.3 is 0 Å². The minimum atomic E-state index is -4.14. The van der Waals surface area contributed by atoms with Crippen molar-refractivity contribution in [3.05, 3.63) is 84.9 Å². The molecule has 0 saturated carbocycles. The number of anilines is 1. The average Bonchev–Trinajstić information content (AvgIpc) is 2.90. The number of ether oxygens (including phenoxy) is 2. The summed E-state index contributed by atoms with van der Waals surface area (Å²) in [5, 5.41) is 24.6. The van der Waals surface area contributed by atoms with Crippen LogP contribution in [-0.2, 0) is 10.0 Å². The predicted octanol–water partition coefficient (Wildman–Crippen LogP) is 5.89. The lowest BCUT2D eigenvalue weighted by Crippen LogP contribution is -2.14. The van der Waals surface area contributed by atoms with E-state index >= 15 is 0 Å². The molecule has 182 valence electrons. The molecule has 5 aromatic carbocycles. The van der Waals surface area contributed by atoms with Gasteiger partial charge in [-0.3, -0.25) is 4.72 Å². The van der Waals surface area contributed by atoms with Gasteiger partial charge in [-0.1, -0.05) is 54.6 Å². The monoisotopic (exact) mass is 501 g/mol. The van der Waals surface area contributed by atoms with Gasteiger partial charge in [0, 0.05) is 28.0 Å². The molecule has 0 aliphatic heterocycles. The highest BCUT2D eigenvalue weighted by Crippen LogP contribution is 2.46. The number of methoxy groups -OCH3 is 2. The van der Waals surface area contributed by atoms with Gasteiger partial charge in [0.25, 0.3) is 10.0 Å². The van der Waals surface area contributed by atoms with Crippen molar-refractivity contribution in [3.63, 3.8) is 0 Å². The van der Waals surface area contributed by atoms with Crippen LogP contribution in [0, 0.1) is 0 Å². The fourth-order valence-corrected chi connectivity index (χ4v) is 5.63. The molecule has 0 saturated heterocycles. The number of benzene rings is 5. The van der Waals surface area contributed by atoms with E-state index in [0.717, 1.165) is 5.39 Å². The lowest BCUT2D eigenvalue weighted by Gasteiger charge is -2.18. The molecule has 0 radical (unpaired) electrons. The zero-order valence-corrected chi connectivity index (χ0v) is 20.3. The van der Waals surface area contributed by atoms with Gasteiger partial charge in [-0.05, 0) is 35.0 Å². The first-order chi connectivity index (χ1) is 17.3. The fourth-order valence-electron chi connectivity index (χ4n) is 4.37. The van der Waals surface area contributed by atoms with Crippen molar-refractivity contribution in [2.45, 2.75) is 4.90 Å². The van der Waals surface area contributed by atoms with E-state index in [1.54, 1.807) is 42.5 Å². The number of sulfonamides is 1. The summed E-state index contributed by atoms with van der Waals surface area (Å²) in [5.41, 5.74) is 0.921. The molecule has 5 aromatic rings. The molecule has 0 atom stereocenters. The molecule has 5 rings (SSSR count). The summed E-state index contributed by atoms with van der Waals surface area (Å²) >= 11 is 0. The summed E-state index contributed by atoms with van der Waals surface area (Å²) in [6.07, 6.45) is 0. The highest BCUT2D eigenvalue weighted by atomic mass is 32.2. The fraction of sp³-hybridized carbons (Fsp3) is 0.0714. The molecule has 0 amide bonds. The van der Waals surface area contributed by atoms with Gasteiger partial charge in [0.1, 0.15) is 27.9 Å². The third-order valence-corrected chi connectivity index (χ3v) is 7.48.